The zero-order valence-corrected chi connectivity index (χ0v) is 95.2. The molecule has 0 bridgehead atoms. The van der Waals surface area contributed by atoms with E-state index in [1.54, 1.807) is 99.9 Å². The number of piperidine rings is 1. The van der Waals surface area contributed by atoms with E-state index in [9.17, 15) is 76.3 Å². The second-order valence-electron chi connectivity index (χ2n) is 31.1. The van der Waals surface area contributed by atoms with Crippen LogP contribution in [0.15, 0.2) is 67.6 Å². The van der Waals surface area contributed by atoms with Gasteiger partial charge in [0, 0.05) is 122 Å². The normalized spacial score (nSPS) is 11.4. The first kappa shape index (κ1) is 127. The van der Waals surface area contributed by atoms with Crippen molar-refractivity contribution in [2.75, 3.05) is 132 Å². The van der Waals surface area contributed by atoms with Crippen LogP contribution in [-0.4, -0.2) is 302 Å². The van der Waals surface area contributed by atoms with E-state index in [2.05, 4.69) is 79.2 Å². The Morgan fingerprint density at radius 1 is 0.443 bits per heavy atom. The van der Waals surface area contributed by atoms with Gasteiger partial charge in [0.1, 0.15) is 57.0 Å². The molecule has 0 aliphatic carbocycles. The van der Waals surface area contributed by atoms with E-state index in [-0.39, 0.29) is 89.7 Å². The van der Waals surface area contributed by atoms with Crippen LogP contribution >= 0.6 is 119 Å². The predicted molar refractivity (Wildman–Crippen MR) is 574 cm³/mol. The fourth-order valence-corrected chi connectivity index (χ4v) is 19.8. The van der Waals surface area contributed by atoms with Gasteiger partial charge in [0.2, 0.25) is 0 Å². The van der Waals surface area contributed by atoms with Gasteiger partial charge in [-0.05, 0) is 173 Å². The van der Waals surface area contributed by atoms with Gasteiger partial charge in [-0.3, -0.25) is 60.4 Å². The summed E-state index contributed by atoms with van der Waals surface area (Å²) in [5.41, 5.74) is 26.4. The van der Waals surface area contributed by atoms with E-state index in [4.69, 9.17) is 61.0 Å². The van der Waals surface area contributed by atoms with Gasteiger partial charge in [0.25, 0.3) is 41.0 Å². The minimum absolute atomic E-state index is 0.000000000000000222. The summed E-state index contributed by atoms with van der Waals surface area (Å²) < 4.78 is 65.7. The number of nitrogens with two attached hydrogens (primary N) is 4. The van der Waals surface area contributed by atoms with Gasteiger partial charge in [-0.2, -0.15) is 0 Å². The number of imidazole rings is 5. The van der Waals surface area contributed by atoms with E-state index in [0.29, 0.717) is 146 Å². The largest absolute Gasteiger partial charge is 0.465 e. The molecule has 4 amide bonds. The minimum atomic E-state index is -1.14. The molecule has 1 unspecified atom stereocenters. The van der Waals surface area contributed by atoms with Crippen molar-refractivity contribution in [2.24, 2.45) is 17.4 Å². The van der Waals surface area contributed by atoms with Crippen LogP contribution in [0.4, 0.5) is 14.7 Å². The lowest BCUT2D eigenvalue weighted by Crippen LogP contribution is -2.38. The Hall–Kier alpha value is -12.9. The lowest BCUT2D eigenvalue weighted by Gasteiger charge is -2.32. The summed E-state index contributed by atoms with van der Waals surface area (Å²) in [5.74, 6) is -6.92. The standard InChI is InChI=1S/C23H25FN4O3S.2C13H15N3O4S.2C9H10N2O2S.2C7H10N2O2S.C6H13BrO2.C6H9ClO3.CH4N2S/c1-14-20(32-23-25-13-18(28(14)23)19(29)21(30)26(2)3)22(31)27-10-8-16(9-11-27)12-15-4-6-17(24)7-5-15;2*1-5-20-12(19)10-7(2)16-8(6-14-13(16)21-10)9(17)11(18)15(3)4;2*1-3-13-8(12)7-6(2)11-5-4-10-9(11)14-7;2*1-3-11-6(10)5-4(2)9-7(8)12-5;1-3-8-6(5-7)9-4-2;1-3-10-6(9)5(7)4(2)8;2-1(3)4/h4-7,13,16H,8-12H2,1-3H3;2*6H,5H2,1-4H3;2*4-5H,3H2,1-2H3;2*3H2,1-2H3,(H2,8,9);6H,3-5H2,1-2H3;5H,3H2,1-2H3;(H4,2,3,4). The zero-order valence-electron chi connectivity index (χ0n) is 86.4. The second kappa shape index (κ2) is 61.9. The van der Waals surface area contributed by atoms with Gasteiger partial charge in [0.05, 0.1) is 81.6 Å². The lowest BCUT2D eigenvalue weighted by molar-refractivity contribution is -0.144. The van der Waals surface area contributed by atoms with Crippen molar-refractivity contribution in [1.82, 2.24) is 76.5 Å². The number of nitrogens with zero attached hydrogens (tertiary/aromatic N) is 16. The zero-order chi connectivity index (χ0) is 112. The Kier molecular flexibility index (Phi) is 52.6. The molecule has 44 nitrogen and oxygen atoms in total. The van der Waals surface area contributed by atoms with Crippen LogP contribution in [-0.2, 0) is 73.0 Å². The monoisotopic (exact) mass is 2300 g/mol. The van der Waals surface area contributed by atoms with Gasteiger partial charge in [0.15, 0.2) is 57.6 Å². The Labute approximate surface area is 904 Å². The highest BCUT2D eigenvalue weighted by Crippen LogP contribution is 2.33. The van der Waals surface area contributed by atoms with E-state index < -0.39 is 58.4 Å². The maximum atomic E-state index is 13.2. The number of carbonyl (C=O) groups excluding carboxylic acids is 15. The highest BCUT2D eigenvalue weighted by molar-refractivity contribution is 9.09. The number of aryl methyl sites for hydroxylation is 7. The average molecular weight is 2310 g/mol. The number of nitrogen functional groups attached to an aromatic ring is 2. The number of amides is 4. The van der Waals surface area contributed by atoms with Crippen molar-refractivity contribution < 1.29 is 119 Å². The van der Waals surface area contributed by atoms with Gasteiger partial charge < -0.3 is 85.2 Å². The maximum absolute atomic E-state index is 13.2. The number of benzene rings is 1. The van der Waals surface area contributed by atoms with E-state index in [0.717, 1.165) is 96.8 Å². The van der Waals surface area contributed by atoms with Crippen molar-refractivity contribution in [2.45, 2.75) is 149 Å². The summed E-state index contributed by atoms with van der Waals surface area (Å²) in [6.07, 6.45) is 13.7. The summed E-state index contributed by atoms with van der Waals surface area (Å²) in [5, 5.41) is 0.403. The molecule has 12 aromatic heterocycles. The first-order valence-corrected chi connectivity index (χ1v) is 53.4. The number of likely N-dealkylation sites (tertiary alicyclic amines) is 1. The number of carbonyl (C=O) groups is 15. The third-order valence-electron chi connectivity index (χ3n) is 19.8. The summed E-state index contributed by atoms with van der Waals surface area (Å²) in [7, 11) is 9.05. The summed E-state index contributed by atoms with van der Waals surface area (Å²) >= 11 is 21.2. The third kappa shape index (κ3) is 35.6. The summed E-state index contributed by atoms with van der Waals surface area (Å²) in [4.78, 5) is 216. The fourth-order valence-electron chi connectivity index (χ4n) is 12.9. The Morgan fingerprint density at radius 3 is 1.01 bits per heavy atom. The van der Waals surface area contributed by atoms with Gasteiger partial charge in [-0.15, -0.1) is 11.6 Å². The predicted octanol–water partition coefficient (Wildman–Crippen LogP) is 13.4. The molecular weight excluding hydrogens is 2180 g/mol. The summed E-state index contributed by atoms with van der Waals surface area (Å²) in [6, 6.07) is 6.60. The first-order valence-electron chi connectivity index (χ1n) is 45.7. The van der Waals surface area contributed by atoms with Crippen LogP contribution in [0.25, 0.3) is 24.8 Å². The number of esters is 7. The number of hydrogen-bond acceptors (Lipinski definition) is 41. The topological polar surface area (TPSA) is 568 Å². The number of rotatable bonds is 29. The molecule has 0 spiro atoms. The average Bonchev–Trinajstić information content (AvgIpc) is 1.61. The van der Waals surface area contributed by atoms with Crippen LogP contribution in [0.3, 0.4) is 0 Å². The Bertz CT molecular complexity index is 6530. The summed E-state index contributed by atoms with van der Waals surface area (Å²) in [6.45, 7) is 34.8. The minimum Gasteiger partial charge on any atom is -0.465 e. The highest BCUT2D eigenvalue weighted by Gasteiger charge is 2.34. The van der Waals surface area contributed by atoms with Crippen LogP contribution in [0.5, 0.6) is 0 Å². The van der Waals surface area contributed by atoms with Crippen LogP contribution in [0.1, 0.15) is 227 Å². The SMILES string of the molecule is CCOC(=O)C(Cl)C(C)=O.CCOC(=O)c1sc(N)nc1C.CCOC(=O)c1sc(N)nc1C.CCOC(=O)c1sc2ncc(C(=O)C(=O)N(C)C)n2c1C.CCOC(=O)c1sc2ncc(C(=O)C(=O)N(C)C)n2c1C.CCOC(=O)c1sc2nccn2c1C.CCOC(=O)c1sc2nccn2c1C.CCOC(CBr)OCC.Cc1c(C(=O)N2CCC(Cc3ccc(F)cc3)CC2)sc2ncc(C(=O)C(=O)N(C)C)n12.NC(N)=S. The van der Waals surface area contributed by atoms with Crippen molar-refractivity contribution >= 4 is 248 Å². The maximum Gasteiger partial charge on any atom is 0.350 e. The molecular formula is C94H121BrClFN20O24S8. The quantitative estimate of drug-likeness (QED) is 0.00494. The number of hydrogen-bond donors (Lipinski definition) is 4. The highest BCUT2D eigenvalue weighted by atomic mass is 79.9. The van der Waals surface area contributed by atoms with Gasteiger partial charge in [-0.25, -0.2) is 72.8 Å². The van der Waals surface area contributed by atoms with Crippen LogP contribution in [0, 0.1) is 60.2 Å². The molecule has 55 heteroatoms. The Morgan fingerprint density at radius 2 is 0.738 bits per heavy atom. The van der Waals surface area contributed by atoms with E-state index in [1.165, 1.54) is 137 Å². The molecule has 0 radical (unpaired) electrons. The number of halogens is 3. The molecule has 1 aliphatic rings. The molecule has 1 aliphatic heterocycles. The number of fused-ring (bicyclic) bond motifs is 5. The van der Waals surface area contributed by atoms with Crippen molar-refractivity contribution in [3.8, 4) is 0 Å². The molecule has 149 heavy (non-hydrogen) atoms. The number of Topliss-reactive ketones (excluding diaryl/α,β-unsaturated/α-hetero) is 4. The van der Waals surface area contributed by atoms with E-state index in [1.807, 2.05) is 65.9 Å². The molecule has 1 aromatic carbocycles. The lowest BCUT2D eigenvalue weighted by atomic mass is 9.90. The number of thiocarbonyl (C=S) groups is 1. The molecule has 8 N–H and O–H groups in total. The third-order valence-corrected chi connectivity index (χ3v) is 28.5. The van der Waals surface area contributed by atoms with Gasteiger partial charge in [-0.1, -0.05) is 107 Å². The number of anilines is 2. The molecule has 13 aromatic rings. The molecule has 1 atom stereocenters. The van der Waals surface area contributed by atoms with E-state index >= 15 is 0 Å². The van der Waals surface area contributed by atoms with Crippen LogP contribution in [0.2, 0.25) is 0 Å². The van der Waals surface area contributed by atoms with Crippen LogP contribution < -0.4 is 22.9 Å². The molecule has 1 saturated heterocycles. The number of ether oxygens (including phenoxy) is 9. The number of likely N-dealkylation sites (N-methyl/N-ethyl adjacent to an activating group) is 3. The fraction of sp³-hybridized carbons (Fsp3) is 0.436. The number of thiazole rings is 7. The van der Waals surface area contributed by atoms with Crippen molar-refractivity contribution in [3.63, 3.8) is 0 Å². The number of alkyl halides is 2. The van der Waals surface area contributed by atoms with Crippen molar-refractivity contribution in [3.05, 3.63) is 170 Å². The number of ketones is 4. The number of aromatic nitrogens is 12. The molecule has 0 saturated carbocycles. The van der Waals surface area contributed by atoms with Gasteiger partial charge >= 0.3 is 41.8 Å². The van der Waals surface area contributed by atoms with Crippen molar-refractivity contribution in [1.29, 1.82) is 0 Å². The molecule has 1 fully saturated rings. The molecule has 810 valence electrons. The molecule has 13 heterocycles. The second-order valence-corrected chi connectivity index (χ2v) is 39.6. The molecule has 14 rings (SSSR count). The smallest absolute Gasteiger partial charge is 0.350 e. The Balaban J connectivity index is 0.000000302. The first-order chi connectivity index (χ1) is 70.5.